The lowest BCUT2D eigenvalue weighted by atomic mass is 10.1. The molecule has 0 aliphatic carbocycles. The number of nitrogens with zero attached hydrogens (tertiary/aromatic N) is 2. The van der Waals surface area contributed by atoms with Crippen molar-refractivity contribution < 1.29 is 9.37 Å². The third-order valence-corrected chi connectivity index (χ3v) is 4.12. The van der Waals surface area contributed by atoms with E-state index in [-0.39, 0.29) is 5.78 Å². The fourth-order valence-electron chi connectivity index (χ4n) is 3.07. The zero-order valence-electron chi connectivity index (χ0n) is 11.6. The molecule has 0 atom stereocenters. The van der Waals surface area contributed by atoms with E-state index in [2.05, 4.69) is 9.48 Å². The number of carbonyl (C=O) groups is 1. The largest absolute Gasteiger partial charge is 0.290 e. The molecule has 0 amide bonds. The third kappa shape index (κ3) is 2.55. The fraction of sp³-hybridized carbons (Fsp3) is 0.500. The molecule has 3 rings (SSSR count). The second-order valence-electron chi connectivity index (χ2n) is 5.57. The summed E-state index contributed by atoms with van der Waals surface area (Å²) in [6, 6.07) is 7.91. The van der Waals surface area contributed by atoms with Crippen LogP contribution in [0.3, 0.4) is 0 Å². The molecule has 0 saturated heterocycles. The van der Waals surface area contributed by atoms with E-state index >= 15 is 0 Å². The van der Waals surface area contributed by atoms with Crippen molar-refractivity contribution in [3.8, 4) is 0 Å². The van der Waals surface area contributed by atoms with Gasteiger partial charge in [0.05, 0.1) is 26.1 Å². The van der Waals surface area contributed by atoms with Gasteiger partial charge in [-0.1, -0.05) is 29.8 Å². The highest BCUT2D eigenvalue weighted by Crippen LogP contribution is 2.15. The standard InChI is InChI=1S/C16H21N2O/c1-13-5-7-14(8-6-13)15(19)12-18-11-3-10-17-9-2-4-16(17)18/h5-8H,2-4,9-12H2,1H3/q+1. The smallest absolute Gasteiger partial charge is 0.247 e. The molecule has 0 spiro atoms. The van der Waals surface area contributed by atoms with Gasteiger partial charge in [0.15, 0.2) is 0 Å². The van der Waals surface area contributed by atoms with Gasteiger partial charge >= 0.3 is 0 Å². The molecule has 0 aromatic heterocycles. The Bertz CT molecular complexity index is 516. The van der Waals surface area contributed by atoms with Gasteiger partial charge in [-0.25, -0.2) is 0 Å². The van der Waals surface area contributed by atoms with E-state index in [1.807, 2.05) is 31.2 Å². The SMILES string of the molecule is Cc1ccc(C(=O)CN2CCC[N+]3=C2CCC3)cc1. The molecule has 0 radical (unpaired) electrons. The molecule has 3 heteroatoms. The summed E-state index contributed by atoms with van der Waals surface area (Å²) >= 11 is 0. The van der Waals surface area contributed by atoms with E-state index in [4.69, 9.17) is 0 Å². The van der Waals surface area contributed by atoms with Crippen molar-refractivity contribution in [3.05, 3.63) is 35.4 Å². The van der Waals surface area contributed by atoms with Gasteiger partial charge < -0.3 is 0 Å². The summed E-state index contributed by atoms with van der Waals surface area (Å²) in [4.78, 5) is 14.6. The van der Waals surface area contributed by atoms with Crippen molar-refractivity contribution in [3.63, 3.8) is 0 Å². The highest BCUT2D eigenvalue weighted by atomic mass is 16.1. The van der Waals surface area contributed by atoms with Crippen LogP contribution in [0.1, 0.15) is 35.2 Å². The molecule has 2 aliphatic heterocycles. The molecule has 0 unspecified atom stereocenters. The Morgan fingerprint density at radius 3 is 2.74 bits per heavy atom. The number of amidine groups is 1. The number of aryl methyl sites for hydroxylation is 1. The van der Waals surface area contributed by atoms with E-state index in [9.17, 15) is 4.79 Å². The van der Waals surface area contributed by atoms with Crippen LogP contribution in [0.2, 0.25) is 0 Å². The maximum Gasteiger partial charge on any atom is 0.247 e. The second kappa shape index (κ2) is 5.16. The molecule has 1 aromatic carbocycles. The van der Waals surface area contributed by atoms with Gasteiger partial charge in [-0.05, 0) is 13.3 Å². The predicted octanol–water partition coefficient (Wildman–Crippen LogP) is 2.09. The number of hydrogen-bond donors (Lipinski definition) is 0. The van der Waals surface area contributed by atoms with Crippen LogP contribution in [0, 0.1) is 6.92 Å². The first-order chi connectivity index (χ1) is 9.24. The summed E-state index contributed by atoms with van der Waals surface area (Å²) in [5.74, 6) is 1.63. The highest BCUT2D eigenvalue weighted by Gasteiger charge is 2.32. The summed E-state index contributed by atoms with van der Waals surface area (Å²) < 4.78 is 2.45. The molecule has 1 aromatic rings. The Morgan fingerprint density at radius 1 is 1.21 bits per heavy atom. The number of Topliss-reactive ketones (excluding diaryl/α,β-unsaturated/α-hetero) is 1. The topological polar surface area (TPSA) is 23.3 Å². The Kier molecular flexibility index (Phi) is 3.36. The molecular formula is C16H21N2O+. The Labute approximate surface area is 114 Å². The number of benzene rings is 1. The molecule has 0 fully saturated rings. The molecule has 2 heterocycles. The second-order valence-corrected chi connectivity index (χ2v) is 5.57. The summed E-state index contributed by atoms with van der Waals surface area (Å²) in [5.41, 5.74) is 2.03. The summed E-state index contributed by atoms with van der Waals surface area (Å²) in [7, 11) is 0. The first-order valence-corrected chi connectivity index (χ1v) is 7.19. The van der Waals surface area contributed by atoms with Gasteiger partial charge in [-0.15, -0.1) is 0 Å². The van der Waals surface area contributed by atoms with Gasteiger partial charge in [0, 0.05) is 12.0 Å². The molecular weight excluding hydrogens is 236 g/mol. The Hall–Kier alpha value is -1.64. The van der Waals surface area contributed by atoms with E-state index in [1.165, 1.54) is 37.3 Å². The van der Waals surface area contributed by atoms with E-state index in [0.717, 1.165) is 18.5 Å². The minimum Gasteiger partial charge on any atom is -0.290 e. The monoisotopic (exact) mass is 257 g/mol. The molecule has 100 valence electrons. The number of hydrogen-bond acceptors (Lipinski definition) is 2. The van der Waals surface area contributed by atoms with Crippen LogP contribution in [0.25, 0.3) is 0 Å². The average molecular weight is 257 g/mol. The van der Waals surface area contributed by atoms with E-state index < -0.39 is 0 Å². The zero-order chi connectivity index (χ0) is 13.2. The Balaban J connectivity index is 1.72. The maximum atomic E-state index is 12.3. The molecule has 3 nitrogen and oxygen atoms in total. The molecule has 0 saturated carbocycles. The van der Waals surface area contributed by atoms with Gasteiger partial charge in [0.2, 0.25) is 11.6 Å². The van der Waals surface area contributed by atoms with Crippen LogP contribution in [0.4, 0.5) is 0 Å². The highest BCUT2D eigenvalue weighted by molar-refractivity contribution is 5.99. The zero-order valence-corrected chi connectivity index (χ0v) is 11.6. The van der Waals surface area contributed by atoms with E-state index in [1.54, 1.807) is 0 Å². The molecule has 0 N–H and O–H groups in total. The quantitative estimate of drug-likeness (QED) is 0.611. The lowest BCUT2D eigenvalue weighted by Gasteiger charge is -2.23. The lowest BCUT2D eigenvalue weighted by molar-refractivity contribution is -0.529. The average Bonchev–Trinajstić information content (AvgIpc) is 2.89. The van der Waals surface area contributed by atoms with Crippen LogP contribution in [-0.4, -0.2) is 47.3 Å². The first kappa shape index (κ1) is 12.4. The van der Waals surface area contributed by atoms with Crippen molar-refractivity contribution in [2.75, 3.05) is 26.2 Å². The predicted molar refractivity (Wildman–Crippen MR) is 75.9 cm³/mol. The van der Waals surface area contributed by atoms with Crippen molar-refractivity contribution in [1.82, 2.24) is 4.90 Å². The maximum absolute atomic E-state index is 12.3. The van der Waals surface area contributed by atoms with Crippen LogP contribution in [0.5, 0.6) is 0 Å². The van der Waals surface area contributed by atoms with Gasteiger partial charge in [0.25, 0.3) is 0 Å². The minimum atomic E-state index is 0.237. The van der Waals surface area contributed by atoms with Crippen LogP contribution >= 0.6 is 0 Å². The summed E-state index contributed by atoms with van der Waals surface area (Å²) in [5, 5.41) is 0. The summed E-state index contributed by atoms with van der Waals surface area (Å²) in [6.45, 7) is 5.96. The van der Waals surface area contributed by atoms with Gasteiger partial charge in [-0.3, -0.25) is 14.3 Å². The lowest BCUT2D eigenvalue weighted by Crippen LogP contribution is -2.43. The minimum absolute atomic E-state index is 0.237. The van der Waals surface area contributed by atoms with Gasteiger partial charge in [0.1, 0.15) is 6.54 Å². The van der Waals surface area contributed by atoms with Gasteiger partial charge in [-0.2, -0.15) is 0 Å². The van der Waals surface area contributed by atoms with Crippen LogP contribution in [0.15, 0.2) is 24.3 Å². The van der Waals surface area contributed by atoms with Crippen LogP contribution in [-0.2, 0) is 0 Å². The van der Waals surface area contributed by atoms with Crippen molar-refractivity contribution in [1.29, 1.82) is 0 Å². The number of carbonyl (C=O) groups excluding carboxylic acids is 1. The van der Waals surface area contributed by atoms with Crippen molar-refractivity contribution >= 4 is 11.6 Å². The number of rotatable bonds is 3. The van der Waals surface area contributed by atoms with Crippen molar-refractivity contribution in [2.45, 2.75) is 26.2 Å². The van der Waals surface area contributed by atoms with Crippen LogP contribution < -0.4 is 0 Å². The Morgan fingerprint density at radius 2 is 1.95 bits per heavy atom. The first-order valence-electron chi connectivity index (χ1n) is 7.19. The van der Waals surface area contributed by atoms with E-state index in [0.29, 0.717) is 6.54 Å². The molecule has 2 aliphatic rings. The number of ketones is 1. The molecule has 19 heavy (non-hydrogen) atoms. The normalized spacial score (nSPS) is 18.7. The third-order valence-electron chi connectivity index (χ3n) is 4.12. The van der Waals surface area contributed by atoms with Crippen molar-refractivity contribution in [2.24, 2.45) is 0 Å². The summed E-state index contributed by atoms with van der Waals surface area (Å²) in [6.07, 6.45) is 3.55. The fourth-order valence-corrected chi connectivity index (χ4v) is 3.07. The molecule has 0 bridgehead atoms.